The Morgan fingerprint density at radius 1 is 1.27 bits per heavy atom. The van der Waals surface area contributed by atoms with E-state index in [1.807, 2.05) is 4.90 Å². The summed E-state index contributed by atoms with van der Waals surface area (Å²) in [7, 11) is 1.79. The molecule has 4 nitrogen and oxygen atoms in total. The number of benzene rings is 1. The van der Waals surface area contributed by atoms with Gasteiger partial charge in [0.05, 0.1) is 19.0 Å². The van der Waals surface area contributed by atoms with Crippen LogP contribution in [-0.2, 0) is 17.9 Å². The van der Waals surface area contributed by atoms with Crippen LogP contribution in [0.4, 0.5) is 8.78 Å². The average Bonchev–Trinajstić information content (AvgIpc) is 2.96. The minimum atomic E-state index is -0.867. The third-order valence-corrected chi connectivity index (χ3v) is 3.09. The van der Waals surface area contributed by atoms with Crippen molar-refractivity contribution in [1.82, 2.24) is 4.90 Å². The molecule has 0 spiro atoms. The third-order valence-electron chi connectivity index (χ3n) is 3.09. The Morgan fingerprint density at radius 3 is 2.77 bits per heavy atom. The number of rotatable bonds is 8. The summed E-state index contributed by atoms with van der Waals surface area (Å²) in [4.78, 5) is 1.81. The van der Waals surface area contributed by atoms with Crippen molar-refractivity contribution in [1.29, 1.82) is 0 Å². The number of ether oxygens (including phenoxy) is 1. The first kappa shape index (κ1) is 16.6. The van der Waals surface area contributed by atoms with Crippen LogP contribution < -0.4 is 0 Å². The highest BCUT2D eigenvalue weighted by atomic mass is 19.2. The summed E-state index contributed by atoms with van der Waals surface area (Å²) in [5.41, 5.74) is 0.644. The first-order valence-corrected chi connectivity index (χ1v) is 6.95. The van der Waals surface area contributed by atoms with E-state index < -0.39 is 17.7 Å². The lowest BCUT2D eigenvalue weighted by Gasteiger charge is -2.20. The van der Waals surface area contributed by atoms with Crippen LogP contribution in [0.2, 0.25) is 0 Å². The molecule has 0 aliphatic heterocycles. The molecule has 1 N–H and O–H groups in total. The molecule has 2 rings (SSSR count). The molecule has 0 bridgehead atoms. The molecule has 1 unspecified atom stereocenters. The van der Waals surface area contributed by atoms with Gasteiger partial charge in [-0.25, -0.2) is 8.78 Å². The smallest absolute Gasteiger partial charge is 0.159 e. The van der Waals surface area contributed by atoms with Gasteiger partial charge >= 0.3 is 0 Å². The van der Waals surface area contributed by atoms with E-state index in [0.29, 0.717) is 31.0 Å². The zero-order chi connectivity index (χ0) is 15.9. The van der Waals surface area contributed by atoms with Gasteiger partial charge in [0.1, 0.15) is 12.4 Å². The Hall–Kier alpha value is -1.76. The van der Waals surface area contributed by atoms with E-state index in [-0.39, 0.29) is 6.61 Å². The Labute approximate surface area is 127 Å². The fraction of sp³-hybridized carbons (Fsp3) is 0.375. The van der Waals surface area contributed by atoms with Gasteiger partial charge in [0.15, 0.2) is 11.6 Å². The quantitative estimate of drug-likeness (QED) is 0.814. The second-order valence-corrected chi connectivity index (χ2v) is 5.19. The van der Waals surface area contributed by atoms with Crippen molar-refractivity contribution in [2.24, 2.45) is 0 Å². The molecule has 1 heterocycles. The van der Waals surface area contributed by atoms with Crippen LogP contribution in [0.3, 0.4) is 0 Å². The van der Waals surface area contributed by atoms with Gasteiger partial charge in [-0.1, -0.05) is 6.07 Å². The maximum atomic E-state index is 13.1. The monoisotopic (exact) mass is 311 g/mol. The van der Waals surface area contributed by atoms with Gasteiger partial charge in [0, 0.05) is 13.1 Å². The van der Waals surface area contributed by atoms with E-state index in [0.717, 1.165) is 12.1 Å². The largest absolute Gasteiger partial charge is 0.467 e. The summed E-state index contributed by atoms with van der Waals surface area (Å²) < 4.78 is 36.4. The molecule has 22 heavy (non-hydrogen) atoms. The summed E-state index contributed by atoms with van der Waals surface area (Å²) in [6, 6.07) is 7.34. The van der Waals surface area contributed by atoms with Crippen LogP contribution in [-0.4, -0.2) is 36.3 Å². The molecule has 1 aromatic heterocycles. The highest BCUT2D eigenvalue weighted by molar-refractivity contribution is 5.17. The van der Waals surface area contributed by atoms with Crippen LogP contribution in [0.25, 0.3) is 0 Å². The van der Waals surface area contributed by atoms with Gasteiger partial charge in [-0.3, -0.25) is 4.90 Å². The van der Waals surface area contributed by atoms with E-state index in [2.05, 4.69) is 0 Å². The summed E-state index contributed by atoms with van der Waals surface area (Å²) in [5, 5.41) is 9.89. The second kappa shape index (κ2) is 8.03. The van der Waals surface area contributed by atoms with Crippen molar-refractivity contribution in [3.63, 3.8) is 0 Å². The Morgan fingerprint density at radius 2 is 2.09 bits per heavy atom. The summed E-state index contributed by atoms with van der Waals surface area (Å²) in [6.07, 6.45) is 0.885. The summed E-state index contributed by atoms with van der Waals surface area (Å²) in [5.74, 6) is -1.03. The van der Waals surface area contributed by atoms with E-state index in [1.54, 1.807) is 25.4 Å². The molecule has 0 saturated carbocycles. The van der Waals surface area contributed by atoms with Gasteiger partial charge < -0.3 is 14.3 Å². The van der Waals surface area contributed by atoms with Gasteiger partial charge in [-0.2, -0.15) is 0 Å². The fourth-order valence-corrected chi connectivity index (χ4v) is 2.12. The molecule has 120 valence electrons. The maximum Gasteiger partial charge on any atom is 0.159 e. The standard InChI is InChI=1S/C16H19F2NO3/c1-19(8-12-4-5-15(17)16(18)7-12)9-13(20)10-21-11-14-3-2-6-22-14/h2-7,13,20H,8-11H2,1H3. The van der Waals surface area contributed by atoms with Crippen molar-refractivity contribution < 1.29 is 23.0 Å². The first-order chi connectivity index (χ1) is 10.5. The van der Waals surface area contributed by atoms with E-state index >= 15 is 0 Å². The van der Waals surface area contributed by atoms with Crippen molar-refractivity contribution in [2.75, 3.05) is 20.2 Å². The molecule has 6 heteroatoms. The first-order valence-electron chi connectivity index (χ1n) is 6.95. The molecule has 0 amide bonds. The molecule has 0 fully saturated rings. The van der Waals surface area contributed by atoms with Crippen molar-refractivity contribution in [3.05, 3.63) is 59.6 Å². The predicted molar refractivity (Wildman–Crippen MR) is 77.1 cm³/mol. The van der Waals surface area contributed by atoms with Crippen LogP contribution in [0.5, 0.6) is 0 Å². The maximum absolute atomic E-state index is 13.1. The molecule has 0 saturated heterocycles. The lowest BCUT2D eigenvalue weighted by molar-refractivity contribution is 0.00767. The number of hydrogen-bond acceptors (Lipinski definition) is 4. The van der Waals surface area contributed by atoms with Crippen LogP contribution >= 0.6 is 0 Å². The van der Waals surface area contributed by atoms with Crippen molar-refractivity contribution in [3.8, 4) is 0 Å². The Bertz CT molecular complexity index is 575. The van der Waals surface area contributed by atoms with Gasteiger partial charge in [0.2, 0.25) is 0 Å². The SMILES string of the molecule is CN(Cc1ccc(F)c(F)c1)CC(O)COCc1ccco1. The molecular formula is C16H19F2NO3. The Balaban J connectivity index is 1.71. The number of halogens is 2. The van der Waals surface area contributed by atoms with Crippen LogP contribution in [0.1, 0.15) is 11.3 Å². The number of aliphatic hydroxyl groups is 1. The molecule has 1 aromatic carbocycles. The van der Waals surface area contributed by atoms with E-state index in [4.69, 9.17) is 9.15 Å². The normalized spacial score (nSPS) is 12.8. The third kappa shape index (κ3) is 5.22. The summed E-state index contributed by atoms with van der Waals surface area (Å²) in [6.45, 7) is 1.24. The highest BCUT2D eigenvalue weighted by Gasteiger charge is 2.11. The van der Waals surface area contributed by atoms with Gasteiger partial charge in [-0.05, 0) is 36.9 Å². The minimum Gasteiger partial charge on any atom is -0.467 e. The topological polar surface area (TPSA) is 45.8 Å². The van der Waals surface area contributed by atoms with Crippen LogP contribution in [0, 0.1) is 11.6 Å². The number of likely N-dealkylation sites (N-methyl/N-ethyl adjacent to an activating group) is 1. The zero-order valence-corrected chi connectivity index (χ0v) is 12.3. The lowest BCUT2D eigenvalue weighted by Crippen LogP contribution is -2.31. The zero-order valence-electron chi connectivity index (χ0n) is 12.3. The number of hydrogen-bond donors (Lipinski definition) is 1. The highest BCUT2D eigenvalue weighted by Crippen LogP contribution is 2.10. The average molecular weight is 311 g/mol. The molecule has 2 aromatic rings. The Kier molecular flexibility index (Phi) is 6.06. The number of nitrogens with zero attached hydrogens (tertiary/aromatic N) is 1. The number of aliphatic hydroxyl groups excluding tert-OH is 1. The number of furan rings is 1. The molecule has 1 atom stereocenters. The van der Waals surface area contributed by atoms with E-state index in [9.17, 15) is 13.9 Å². The van der Waals surface area contributed by atoms with Gasteiger partial charge in [0.25, 0.3) is 0 Å². The molecule has 0 aliphatic carbocycles. The van der Waals surface area contributed by atoms with Crippen LogP contribution in [0.15, 0.2) is 41.0 Å². The molecule has 0 aliphatic rings. The predicted octanol–water partition coefficient (Wildman–Crippen LogP) is 2.57. The fourth-order valence-electron chi connectivity index (χ4n) is 2.12. The molecule has 0 radical (unpaired) electrons. The van der Waals surface area contributed by atoms with Crippen molar-refractivity contribution >= 4 is 0 Å². The second-order valence-electron chi connectivity index (χ2n) is 5.19. The summed E-state index contributed by atoms with van der Waals surface area (Å²) >= 11 is 0. The minimum absolute atomic E-state index is 0.169. The van der Waals surface area contributed by atoms with Crippen molar-refractivity contribution in [2.45, 2.75) is 19.3 Å². The lowest BCUT2D eigenvalue weighted by atomic mass is 10.2. The molecular weight excluding hydrogens is 292 g/mol. The van der Waals surface area contributed by atoms with Gasteiger partial charge in [-0.15, -0.1) is 0 Å². The van der Waals surface area contributed by atoms with E-state index in [1.165, 1.54) is 6.07 Å².